The van der Waals surface area contributed by atoms with Crippen LogP contribution in [-0.2, 0) is 6.54 Å². The summed E-state index contributed by atoms with van der Waals surface area (Å²) in [6.45, 7) is 5.48. The standard InChI is InChI=1S/C17H20N8O2/c1-3-25-15(11-6-18-10(2)19-7-11)23-13-14(20-9-21-16(13)25)22-12-4-5-24(8-12)17(26)27/h6-7,9,12H,3-5,8H2,1-2H3,(H,26,27)(H,20,21,22)/t12-/m0/s1. The van der Waals surface area contributed by atoms with Crippen LogP contribution in [0.25, 0.3) is 22.6 Å². The van der Waals surface area contributed by atoms with Crippen LogP contribution >= 0.6 is 0 Å². The molecule has 140 valence electrons. The molecule has 0 unspecified atom stereocenters. The largest absolute Gasteiger partial charge is 0.465 e. The van der Waals surface area contributed by atoms with Crippen LogP contribution in [0.1, 0.15) is 19.2 Å². The molecule has 1 saturated heterocycles. The lowest BCUT2D eigenvalue weighted by molar-refractivity contribution is 0.155. The molecule has 4 heterocycles. The molecule has 3 aromatic heterocycles. The number of imidazole rings is 1. The molecule has 27 heavy (non-hydrogen) atoms. The fraction of sp³-hybridized carbons (Fsp3) is 0.412. The lowest BCUT2D eigenvalue weighted by Crippen LogP contribution is -2.30. The molecule has 1 atom stereocenters. The third-order valence-electron chi connectivity index (χ3n) is 4.69. The van der Waals surface area contributed by atoms with Crippen LogP contribution in [-0.4, -0.2) is 64.7 Å². The zero-order chi connectivity index (χ0) is 19.0. The normalized spacial score (nSPS) is 16.8. The maximum atomic E-state index is 11.1. The zero-order valence-corrected chi connectivity index (χ0v) is 15.1. The summed E-state index contributed by atoms with van der Waals surface area (Å²) in [6, 6.07) is -0.00265. The third kappa shape index (κ3) is 3.14. The molecule has 1 aliphatic rings. The van der Waals surface area contributed by atoms with Crippen LogP contribution < -0.4 is 5.32 Å². The first-order valence-corrected chi connectivity index (χ1v) is 8.81. The van der Waals surface area contributed by atoms with Crippen molar-refractivity contribution in [2.45, 2.75) is 32.9 Å². The summed E-state index contributed by atoms with van der Waals surface area (Å²) in [5, 5.41) is 12.5. The Morgan fingerprint density at radius 2 is 2.07 bits per heavy atom. The first kappa shape index (κ1) is 17.1. The highest BCUT2D eigenvalue weighted by Gasteiger charge is 2.27. The van der Waals surface area contributed by atoms with Crippen molar-refractivity contribution in [2.75, 3.05) is 18.4 Å². The highest BCUT2D eigenvalue weighted by molar-refractivity contribution is 5.86. The van der Waals surface area contributed by atoms with Crippen molar-refractivity contribution in [1.29, 1.82) is 0 Å². The van der Waals surface area contributed by atoms with Crippen LogP contribution in [0.4, 0.5) is 10.6 Å². The Labute approximate surface area is 155 Å². The van der Waals surface area contributed by atoms with Gasteiger partial charge >= 0.3 is 6.09 Å². The molecule has 0 radical (unpaired) electrons. The topological polar surface area (TPSA) is 122 Å². The number of anilines is 1. The number of likely N-dealkylation sites (tertiary alicyclic amines) is 1. The van der Waals surface area contributed by atoms with Gasteiger partial charge in [-0.15, -0.1) is 0 Å². The Morgan fingerprint density at radius 1 is 1.30 bits per heavy atom. The van der Waals surface area contributed by atoms with Gasteiger partial charge in [0.2, 0.25) is 0 Å². The lowest BCUT2D eigenvalue weighted by atomic mass is 10.2. The SMILES string of the molecule is CCn1c(-c2cnc(C)nc2)nc2c(N[C@H]3CCN(C(=O)O)C3)ncnc21. The molecule has 3 aromatic rings. The number of hydrogen-bond donors (Lipinski definition) is 2. The molecule has 1 amide bonds. The molecule has 0 spiro atoms. The van der Waals surface area contributed by atoms with E-state index in [9.17, 15) is 4.79 Å². The van der Waals surface area contributed by atoms with E-state index in [4.69, 9.17) is 10.1 Å². The lowest BCUT2D eigenvalue weighted by Gasteiger charge is -2.14. The quantitative estimate of drug-likeness (QED) is 0.714. The van der Waals surface area contributed by atoms with E-state index in [-0.39, 0.29) is 6.04 Å². The van der Waals surface area contributed by atoms with Crippen molar-refractivity contribution in [3.63, 3.8) is 0 Å². The van der Waals surface area contributed by atoms with Gasteiger partial charge in [0, 0.05) is 38.1 Å². The third-order valence-corrected chi connectivity index (χ3v) is 4.69. The van der Waals surface area contributed by atoms with Crippen LogP contribution in [0.2, 0.25) is 0 Å². The summed E-state index contributed by atoms with van der Waals surface area (Å²) in [4.78, 5) is 34.5. The van der Waals surface area contributed by atoms with Gasteiger partial charge in [-0.1, -0.05) is 0 Å². The molecule has 0 saturated carbocycles. The maximum absolute atomic E-state index is 11.1. The van der Waals surface area contributed by atoms with Crippen molar-refractivity contribution in [1.82, 2.24) is 34.4 Å². The minimum absolute atomic E-state index is 0.00265. The highest BCUT2D eigenvalue weighted by Crippen LogP contribution is 2.27. The maximum Gasteiger partial charge on any atom is 0.407 e. The van der Waals surface area contributed by atoms with Gasteiger partial charge in [-0.3, -0.25) is 0 Å². The summed E-state index contributed by atoms with van der Waals surface area (Å²) < 4.78 is 1.99. The monoisotopic (exact) mass is 368 g/mol. The second-order valence-electron chi connectivity index (χ2n) is 6.45. The predicted molar refractivity (Wildman–Crippen MR) is 98.4 cm³/mol. The number of fused-ring (bicyclic) bond motifs is 1. The molecule has 10 heteroatoms. The van der Waals surface area contributed by atoms with Gasteiger partial charge in [-0.05, 0) is 20.3 Å². The first-order valence-electron chi connectivity index (χ1n) is 8.81. The van der Waals surface area contributed by atoms with Crippen LogP contribution in [0.5, 0.6) is 0 Å². The predicted octanol–water partition coefficient (Wildman–Crippen LogP) is 1.78. The Bertz CT molecular complexity index is 985. The number of amides is 1. The molecule has 4 rings (SSSR count). The van der Waals surface area contributed by atoms with Gasteiger partial charge in [-0.25, -0.2) is 29.7 Å². The van der Waals surface area contributed by atoms with Crippen LogP contribution in [0, 0.1) is 6.92 Å². The number of aryl methyl sites for hydroxylation is 2. The van der Waals surface area contributed by atoms with Crippen molar-refractivity contribution < 1.29 is 9.90 Å². The Balaban J connectivity index is 1.71. The van der Waals surface area contributed by atoms with E-state index in [1.807, 2.05) is 18.4 Å². The molecular formula is C17H20N8O2. The van der Waals surface area contributed by atoms with Gasteiger partial charge < -0.3 is 19.9 Å². The van der Waals surface area contributed by atoms with E-state index in [1.165, 1.54) is 11.2 Å². The van der Waals surface area contributed by atoms with E-state index >= 15 is 0 Å². The summed E-state index contributed by atoms with van der Waals surface area (Å²) >= 11 is 0. The van der Waals surface area contributed by atoms with Crippen molar-refractivity contribution in [3.8, 4) is 11.4 Å². The number of aromatic nitrogens is 6. The number of rotatable bonds is 4. The Hall–Kier alpha value is -3.30. The number of nitrogens with zero attached hydrogens (tertiary/aromatic N) is 7. The smallest absolute Gasteiger partial charge is 0.407 e. The molecule has 1 aliphatic heterocycles. The highest BCUT2D eigenvalue weighted by atomic mass is 16.4. The minimum Gasteiger partial charge on any atom is -0.465 e. The molecule has 0 aliphatic carbocycles. The number of carbonyl (C=O) groups is 1. The minimum atomic E-state index is -0.899. The summed E-state index contributed by atoms with van der Waals surface area (Å²) in [5.41, 5.74) is 2.19. The Morgan fingerprint density at radius 3 is 2.74 bits per heavy atom. The van der Waals surface area contributed by atoms with Gasteiger partial charge in [-0.2, -0.15) is 0 Å². The number of nitrogens with one attached hydrogen (secondary N) is 1. The summed E-state index contributed by atoms with van der Waals surface area (Å²) in [5.74, 6) is 2.04. The van der Waals surface area contributed by atoms with Gasteiger partial charge in [0.25, 0.3) is 0 Å². The molecule has 0 bridgehead atoms. The number of carboxylic acid groups (broad SMARTS) is 1. The van der Waals surface area contributed by atoms with E-state index < -0.39 is 6.09 Å². The first-order chi connectivity index (χ1) is 13.1. The molecular weight excluding hydrogens is 348 g/mol. The zero-order valence-electron chi connectivity index (χ0n) is 15.1. The van der Waals surface area contributed by atoms with Crippen LogP contribution in [0.3, 0.4) is 0 Å². The molecule has 2 N–H and O–H groups in total. The second-order valence-corrected chi connectivity index (χ2v) is 6.45. The van der Waals surface area contributed by atoms with Crippen molar-refractivity contribution in [3.05, 3.63) is 24.5 Å². The van der Waals surface area contributed by atoms with Crippen molar-refractivity contribution >= 4 is 23.1 Å². The van der Waals surface area contributed by atoms with Gasteiger partial charge in [0.1, 0.15) is 18.0 Å². The van der Waals surface area contributed by atoms with Crippen molar-refractivity contribution in [2.24, 2.45) is 0 Å². The van der Waals surface area contributed by atoms with Gasteiger partial charge in [0.05, 0.1) is 5.56 Å². The molecule has 1 fully saturated rings. The average molecular weight is 368 g/mol. The van der Waals surface area contributed by atoms with Gasteiger partial charge in [0.15, 0.2) is 17.0 Å². The second kappa shape index (κ2) is 6.78. The fourth-order valence-corrected chi connectivity index (χ4v) is 3.32. The summed E-state index contributed by atoms with van der Waals surface area (Å²) in [6.07, 6.45) is 4.82. The molecule has 10 nitrogen and oxygen atoms in total. The molecule has 0 aromatic carbocycles. The Kier molecular flexibility index (Phi) is 4.30. The number of hydrogen-bond acceptors (Lipinski definition) is 7. The van der Waals surface area contributed by atoms with Crippen LogP contribution in [0.15, 0.2) is 18.7 Å². The average Bonchev–Trinajstić information content (AvgIpc) is 3.27. The van der Waals surface area contributed by atoms with E-state index in [0.717, 1.165) is 23.5 Å². The van der Waals surface area contributed by atoms with E-state index in [0.29, 0.717) is 36.8 Å². The van der Waals surface area contributed by atoms with E-state index in [1.54, 1.807) is 12.4 Å². The van der Waals surface area contributed by atoms with E-state index in [2.05, 4.69) is 25.3 Å². The fourth-order valence-electron chi connectivity index (χ4n) is 3.32. The summed E-state index contributed by atoms with van der Waals surface area (Å²) in [7, 11) is 0.